The molecule has 5 nitrogen and oxygen atoms in total. The van der Waals surface area contributed by atoms with E-state index in [2.05, 4.69) is 15.3 Å². The minimum Gasteiger partial charge on any atom is -0.497 e. The zero-order chi connectivity index (χ0) is 14.9. The lowest BCUT2D eigenvalue weighted by Crippen LogP contribution is -2.20. The molecule has 2 N–H and O–H groups in total. The molecular weight excluding hydrogens is 286 g/mol. The number of hydrogen-bond donors (Lipinski definition) is 2. The third-order valence-corrected chi connectivity index (χ3v) is 4.10. The summed E-state index contributed by atoms with van der Waals surface area (Å²) in [5.74, 6) is 1.92. The van der Waals surface area contributed by atoms with Gasteiger partial charge in [0, 0.05) is 25.5 Å². The average Bonchev–Trinajstić information content (AvgIpc) is 2.91. The SMILES string of the molecule is COCCNCCCCSc1nc2ccc(OC)cc2[nH]1. The van der Waals surface area contributed by atoms with Crippen LogP contribution in [0.2, 0.25) is 0 Å². The molecule has 0 amide bonds. The van der Waals surface area contributed by atoms with Gasteiger partial charge in [-0.15, -0.1) is 0 Å². The zero-order valence-corrected chi connectivity index (χ0v) is 13.5. The summed E-state index contributed by atoms with van der Waals surface area (Å²) in [6.07, 6.45) is 2.34. The number of nitrogens with zero attached hydrogens (tertiary/aromatic N) is 1. The first kappa shape index (κ1) is 16.1. The van der Waals surface area contributed by atoms with Gasteiger partial charge in [-0.2, -0.15) is 0 Å². The summed E-state index contributed by atoms with van der Waals surface area (Å²) in [5.41, 5.74) is 2.01. The molecule has 0 aliphatic carbocycles. The summed E-state index contributed by atoms with van der Waals surface area (Å²) < 4.78 is 10.2. The number of fused-ring (bicyclic) bond motifs is 1. The van der Waals surface area contributed by atoms with Crippen LogP contribution in [0.4, 0.5) is 0 Å². The van der Waals surface area contributed by atoms with Crippen molar-refractivity contribution in [1.29, 1.82) is 0 Å². The maximum Gasteiger partial charge on any atom is 0.166 e. The lowest BCUT2D eigenvalue weighted by Gasteiger charge is -2.03. The summed E-state index contributed by atoms with van der Waals surface area (Å²) in [5, 5.41) is 4.32. The van der Waals surface area contributed by atoms with Crippen molar-refractivity contribution in [3.05, 3.63) is 18.2 Å². The van der Waals surface area contributed by atoms with Crippen molar-refractivity contribution >= 4 is 22.8 Å². The Bertz CT molecular complexity index is 545. The van der Waals surface area contributed by atoms with Crippen molar-refractivity contribution in [3.63, 3.8) is 0 Å². The first-order chi connectivity index (χ1) is 10.3. The summed E-state index contributed by atoms with van der Waals surface area (Å²) in [7, 11) is 3.40. The van der Waals surface area contributed by atoms with Gasteiger partial charge in [0.05, 0.1) is 24.8 Å². The minimum atomic E-state index is 0.775. The van der Waals surface area contributed by atoms with E-state index in [1.165, 1.54) is 12.8 Å². The predicted molar refractivity (Wildman–Crippen MR) is 87.3 cm³/mol. The Morgan fingerprint density at radius 1 is 1.24 bits per heavy atom. The Balaban J connectivity index is 1.69. The minimum absolute atomic E-state index is 0.775. The number of unbranched alkanes of at least 4 members (excludes halogenated alkanes) is 1. The van der Waals surface area contributed by atoms with Crippen LogP contribution >= 0.6 is 11.8 Å². The first-order valence-electron chi connectivity index (χ1n) is 7.19. The topological polar surface area (TPSA) is 59.2 Å². The number of nitrogens with one attached hydrogen (secondary N) is 2. The van der Waals surface area contributed by atoms with Crippen LogP contribution in [0, 0.1) is 0 Å². The number of H-pyrrole nitrogens is 1. The Kier molecular flexibility index (Phi) is 6.85. The molecule has 0 aliphatic heterocycles. The maximum atomic E-state index is 5.21. The molecule has 2 rings (SSSR count). The summed E-state index contributed by atoms with van der Waals surface area (Å²) in [6.45, 7) is 2.74. The maximum absolute atomic E-state index is 5.21. The Morgan fingerprint density at radius 3 is 2.95 bits per heavy atom. The number of imidazole rings is 1. The Hall–Kier alpha value is -1.24. The van der Waals surface area contributed by atoms with E-state index in [-0.39, 0.29) is 0 Å². The second-order valence-corrected chi connectivity index (χ2v) is 5.81. The van der Waals surface area contributed by atoms with E-state index in [4.69, 9.17) is 9.47 Å². The van der Waals surface area contributed by atoms with Crippen LogP contribution < -0.4 is 10.1 Å². The molecule has 2 aromatic rings. The van der Waals surface area contributed by atoms with Crippen LogP contribution in [0.15, 0.2) is 23.4 Å². The lowest BCUT2D eigenvalue weighted by molar-refractivity contribution is 0.199. The standard InChI is InChI=1S/C15H23N3O2S/c1-19-9-8-16-7-3-4-10-21-15-17-13-6-5-12(20-2)11-14(13)18-15/h5-6,11,16H,3-4,7-10H2,1-2H3,(H,17,18). The number of rotatable bonds is 10. The molecule has 116 valence electrons. The normalized spacial score (nSPS) is 11.1. The number of thioether (sulfide) groups is 1. The van der Waals surface area contributed by atoms with Gasteiger partial charge < -0.3 is 19.8 Å². The highest BCUT2D eigenvalue weighted by molar-refractivity contribution is 7.99. The third-order valence-electron chi connectivity index (χ3n) is 3.14. The molecule has 1 aromatic carbocycles. The number of benzene rings is 1. The van der Waals surface area contributed by atoms with Gasteiger partial charge in [0.2, 0.25) is 0 Å². The Labute approximate surface area is 129 Å². The number of methoxy groups -OCH3 is 2. The van der Waals surface area contributed by atoms with E-state index in [9.17, 15) is 0 Å². The van der Waals surface area contributed by atoms with Gasteiger partial charge in [0.1, 0.15) is 5.75 Å². The fourth-order valence-corrected chi connectivity index (χ4v) is 2.87. The second kappa shape index (κ2) is 8.92. The van der Waals surface area contributed by atoms with Crippen LogP contribution in [-0.4, -0.2) is 49.6 Å². The van der Waals surface area contributed by atoms with Crippen LogP contribution in [0.1, 0.15) is 12.8 Å². The van der Waals surface area contributed by atoms with E-state index in [1.807, 2.05) is 18.2 Å². The van der Waals surface area contributed by atoms with E-state index in [1.54, 1.807) is 26.0 Å². The molecule has 21 heavy (non-hydrogen) atoms. The predicted octanol–water partition coefficient (Wildman–Crippen LogP) is 2.68. The highest BCUT2D eigenvalue weighted by Crippen LogP contribution is 2.23. The van der Waals surface area contributed by atoms with Crippen LogP contribution in [0.25, 0.3) is 11.0 Å². The molecule has 0 atom stereocenters. The first-order valence-corrected chi connectivity index (χ1v) is 8.18. The largest absolute Gasteiger partial charge is 0.497 e. The van der Waals surface area contributed by atoms with Gasteiger partial charge in [0.25, 0.3) is 0 Å². The molecule has 0 bridgehead atoms. The van der Waals surface area contributed by atoms with Gasteiger partial charge >= 0.3 is 0 Å². The van der Waals surface area contributed by atoms with E-state index in [0.717, 1.165) is 47.4 Å². The highest BCUT2D eigenvalue weighted by Gasteiger charge is 2.04. The molecule has 0 fully saturated rings. The van der Waals surface area contributed by atoms with E-state index >= 15 is 0 Å². The van der Waals surface area contributed by atoms with Gasteiger partial charge in [0.15, 0.2) is 5.16 Å². The quantitative estimate of drug-likeness (QED) is 0.522. The molecule has 0 radical (unpaired) electrons. The van der Waals surface area contributed by atoms with Crippen molar-refractivity contribution in [1.82, 2.24) is 15.3 Å². The van der Waals surface area contributed by atoms with Crippen LogP contribution in [0.3, 0.4) is 0 Å². The monoisotopic (exact) mass is 309 g/mol. The molecule has 1 aromatic heterocycles. The molecular formula is C15H23N3O2S. The second-order valence-electron chi connectivity index (χ2n) is 4.72. The molecule has 1 heterocycles. The van der Waals surface area contributed by atoms with Crippen molar-refractivity contribution < 1.29 is 9.47 Å². The Morgan fingerprint density at radius 2 is 2.14 bits per heavy atom. The number of aromatic nitrogens is 2. The van der Waals surface area contributed by atoms with E-state index in [0.29, 0.717) is 0 Å². The van der Waals surface area contributed by atoms with Crippen molar-refractivity contribution in [2.75, 3.05) is 39.7 Å². The average molecular weight is 309 g/mol. The van der Waals surface area contributed by atoms with Crippen LogP contribution in [-0.2, 0) is 4.74 Å². The molecule has 0 aliphatic rings. The van der Waals surface area contributed by atoms with Gasteiger partial charge in [-0.3, -0.25) is 0 Å². The summed E-state index contributed by atoms with van der Waals surface area (Å²) in [4.78, 5) is 7.89. The van der Waals surface area contributed by atoms with Gasteiger partial charge in [-0.05, 0) is 31.5 Å². The molecule has 0 spiro atoms. The molecule has 6 heteroatoms. The lowest BCUT2D eigenvalue weighted by atomic mass is 10.3. The molecule has 0 saturated heterocycles. The van der Waals surface area contributed by atoms with Crippen LogP contribution in [0.5, 0.6) is 5.75 Å². The fraction of sp³-hybridized carbons (Fsp3) is 0.533. The summed E-state index contributed by atoms with van der Waals surface area (Å²) in [6, 6.07) is 5.89. The zero-order valence-electron chi connectivity index (χ0n) is 12.6. The van der Waals surface area contributed by atoms with Gasteiger partial charge in [-0.1, -0.05) is 11.8 Å². The fourth-order valence-electron chi connectivity index (χ4n) is 1.98. The van der Waals surface area contributed by atoms with Crippen molar-refractivity contribution in [2.24, 2.45) is 0 Å². The molecule has 0 saturated carbocycles. The highest BCUT2D eigenvalue weighted by atomic mass is 32.2. The van der Waals surface area contributed by atoms with Crippen molar-refractivity contribution in [3.8, 4) is 5.75 Å². The van der Waals surface area contributed by atoms with E-state index < -0.39 is 0 Å². The third kappa shape index (κ3) is 5.22. The number of hydrogen-bond acceptors (Lipinski definition) is 5. The number of ether oxygens (including phenoxy) is 2. The smallest absolute Gasteiger partial charge is 0.166 e. The molecule has 0 unspecified atom stereocenters. The number of aromatic amines is 1. The van der Waals surface area contributed by atoms with Gasteiger partial charge in [-0.25, -0.2) is 4.98 Å². The summed E-state index contributed by atoms with van der Waals surface area (Å²) >= 11 is 1.77. The van der Waals surface area contributed by atoms with Crippen molar-refractivity contribution in [2.45, 2.75) is 18.0 Å².